The zero-order valence-electron chi connectivity index (χ0n) is 15.5. The molecule has 9 heteroatoms. The zero-order valence-corrected chi connectivity index (χ0v) is 15.5. The highest BCUT2D eigenvalue weighted by Gasteiger charge is 2.30. The van der Waals surface area contributed by atoms with Gasteiger partial charge in [-0.05, 0) is 32.6 Å². The Morgan fingerprint density at radius 2 is 2.30 bits per heavy atom. The highest BCUT2D eigenvalue weighted by molar-refractivity contribution is 5.91. The summed E-state index contributed by atoms with van der Waals surface area (Å²) in [7, 11) is 0. The number of rotatable bonds is 7. The predicted molar refractivity (Wildman–Crippen MR) is 97.2 cm³/mol. The fourth-order valence-corrected chi connectivity index (χ4v) is 3.11. The summed E-state index contributed by atoms with van der Waals surface area (Å²) in [4.78, 5) is 23.8. The van der Waals surface area contributed by atoms with Gasteiger partial charge < -0.3 is 19.9 Å². The minimum Gasteiger partial charge on any atom is -0.446 e. The number of ether oxygens (including phenoxy) is 1. The molecule has 1 aliphatic carbocycles. The molecule has 2 aromatic rings. The van der Waals surface area contributed by atoms with Crippen LogP contribution in [0.5, 0.6) is 0 Å². The minimum absolute atomic E-state index is 0.103. The van der Waals surface area contributed by atoms with Gasteiger partial charge in [0, 0.05) is 29.8 Å². The predicted octanol–water partition coefficient (Wildman–Crippen LogP) is 2.74. The van der Waals surface area contributed by atoms with Crippen LogP contribution >= 0.6 is 0 Å². The van der Waals surface area contributed by atoms with Crippen LogP contribution in [0.3, 0.4) is 0 Å². The number of alkyl carbamates (subject to hydrolysis) is 1. The number of anilines is 1. The fourth-order valence-electron chi connectivity index (χ4n) is 3.11. The molecular weight excluding hydrogens is 350 g/mol. The molecule has 0 saturated heterocycles. The summed E-state index contributed by atoms with van der Waals surface area (Å²) in [5, 5.41) is 16.4. The van der Waals surface area contributed by atoms with Crippen molar-refractivity contribution >= 4 is 17.8 Å². The third kappa shape index (κ3) is 5.32. The van der Waals surface area contributed by atoms with E-state index in [-0.39, 0.29) is 36.5 Å². The lowest BCUT2D eigenvalue weighted by Gasteiger charge is -2.16. The van der Waals surface area contributed by atoms with Gasteiger partial charge in [-0.15, -0.1) is 0 Å². The van der Waals surface area contributed by atoms with Gasteiger partial charge in [0.1, 0.15) is 12.4 Å². The number of nitrogens with one attached hydrogen (secondary N) is 3. The lowest BCUT2D eigenvalue weighted by Crippen LogP contribution is -2.34. The summed E-state index contributed by atoms with van der Waals surface area (Å²) in [5.74, 6) is 0.480. The van der Waals surface area contributed by atoms with E-state index in [2.05, 4.69) is 26.0 Å². The smallest absolute Gasteiger partial charge is 0.407 e. The summed E-state index contributed by atoms with van der Waals surface area (Å²) in [6, 6.07) is 3.57. The topological polar surface area (TPSA) is 122 Å². The maximum Gasteiger partial charge on any atom is 0.407 e. The summed E-state index contributed by atoms with van der Waals surface area (Å²) in [5.41, 5.74) is 1.50. The van der Waals surface area contributed by atoms with Crippen molar-refractivity contribution in [3.05, 3.63) is 29.8 Å². The number of carbonyl (C=O) groups excluding carboxylic acids is 2. The molecule has 0 bridgehead atoms. The van der Waals surface area contributed by atoms with Gasteiger partial charge in [-0.3, -0.25) is 9.89 Å². The standard InChI is InChI=1S/C18H25N5O4/c1-3-11(2)19-18(25)27-14-5-4-12(8-14)15-10-16(22-21-15)20-17(24)9-13-6-7-26-23-13/h6-7,10-12,14H,3-5,8-9H2,1-2H3,(H,19,25)(H2,20,21,22,24)/t11-,12-,14+/m0/s1. The molecule has 0 aromatic carbocycles. The van der Waals surface area contributed by atoms with Crippen LogP contribution in [0.4, 0.5) is 10.6 Å². The quantitative estimate of drug-likeness (QED) is 0.684. The first-order valence-corrected chi connectivity index (χ1v) is 9.25. The Kier molecular flexibility index (Phi) is 6.10. The van der Waals surface area contributed by atoms with E-state index < -0.39 is 0 Å². The van der Waals surface area contributed by atoms with Gasteiger partial charge in [0.15, 0.2) is 5.82 Å². The average Bonchev–Trinajstić information content (AvgIpc) is 3.36. The van der Waals surface area contributed by atoms with Crippen molar-refractivity contribution in [3.63, 3.8) is 0 Å². The number of H-pyrrole nitrogens is 1. The van der Waals surface area contributed by atoms with Crippen molar-refractivity contribution in [2.45, 2.75) is 64.0 Å². The molecule has 146 valence electrons. The van der Waals surface area contributed by atoms with Crippen molar-refractivity contribution in [2.24, 2.45) is 0 Å². The molecule has 2 amide bonds. The molecule has 1 fully saturated rings. The number of amides is 2. The van der Waals surface area contributed by atoms with E-state index in [4.69, 9.17) is 9.26 Å². The first kappa shape index (κ1) is 18.9. The van der Waals surface area contributed by atoms with Crippen LogP contribution in [-0.4, -0.2) is 39.5 Å². The van der Waals surface area contributed by atoms with Crippen LogP contribution in [0.2, 0.25) is 0 Å². The Labute approximate surface area is 157 Å². The van der Waals surface area contributed by atoms with E-state index in [1.807, 2.05) is 19.9 Å². The SMILES string of the molecule is CC[C@H](C)NC(=O)O[C@@H]1CC[C@H](c2cc(NC(=O)Cc3ccon3)n[nH]2)C1. The van der Waals surface area contributed by atoms with Gasteiger partial charge in [0.05, 0.1) is 12.1 Å². The highest BCUT2D eigenvalue weighted by atomic mass is 16.6. The molecule has 3 N–H and O–H groups in total. The molecule has 2 aromatic heterocycles. The molecule has 2 heterocycles. The number of aromatic nitrogens is 3. The van der Waals surface area contributed by atoms with Crippen LogP contribution < -0.4 is 10.6 Å². The van der Waals surface area contributed by atoms with Crippen molar-refractivity contribution in [3.8, 4) is 0 Å². The third-order valence-corrected chi connectivity index (χ3v) is 4.77. The summed E-state index contributed by atoms with van der Waals surface area (Å²) in [6.07, 6.45) is 4.40. The van der Waals surface area contributed by atoms with E-state index in [1.165, 1.54) is 6.26 Å². The molecule has 1 saturated carbocycles. The Balaban J connectivity index is 1.47. The Morgan fingerprint density at radius 3 is 3.04 bits per heavy atom. The van der Waals surface area contributed by atoms with E-state index in [1.54, 1.807) is 6.07 Å². The summed E-state index contributed by atoms with van der Waals surface area (Å²) in [6.45, 7) is 3.96. The largest absolute Gasteiger partial charge is 0.446 e. The van der Waals surface area contributed by atoms with Crippen LogP contribution in [0.15, 0.2) is 22.9 Å². The normalized spacial score (nSPS) is 20.2. The van der Waals surface area contributed by atoms with E-state index >= 15 is 0 Å². The van der Waals surface area contributed by atoms with Gasteiger partial charge in [0.2, 0.25) is 5.91 Å². The molecule has 3 rings (SSSR count). The number of aromatic amines is 1. The van der Waals surface area contributed by atoms with Crippen LogP contribution in [0, 0.1) is 0 Å². The molecular formula is C18H25N5O4. The minimum atomic E-state index is -0.361. The van der Waals surface area contributed by atoms with Crippen LogP contribution in [0.1, 0.15) is 56.8 Å². The number of hydrogen-bond acceptors (Lipinski definition) is 6. The van der Waals surface area contributed by atoms with Crippen molar-refractivity contribution in [1.29, 1.82) is 0 Å². The monoisotopic (exact) mass is 375 g/mol. The van der Waals surface area contributed by atoms with Crippen molar-refractivity contribution < 1.29 is 18.8 Å². The second-order valence-corrected chi connectivity index (χ2v) is 6.92. The Hall–Kier alpha value is -2.84. The fraction of sp³-hybridized carbons (Fsp3) is 0.556. The first-order chi connectivity index (χ1) is 13.0. The van der Waals surface area contributed by atoms with Gasteiger partial charge in [-0.1, -0.05) is 12.1 Å². The zero-order chi connectivity index (χ0) is 19.2. The molecule has 1 aliphatic rings. The maximum atomic E-state index is 12.0. The van der Waals surface area contributed by atoms with Crippen LogP contribution in [-0.2, 0) is 16.0 Å². The number of carbonyl (C=O) groups is 2. The van der Waals surface area contributed by atoms with E-state index in [0.29, 0.717) is 11.5 Å². The number of hydrogen-bond donors (Lipinski definition) is 3. The highest BCUT2D eigenvalue weighted by Crippen LogP contribution is 2.35. The second-order valence-electron chi connectivity index (χ2n) is 6.92. The van der Waals surface area contributed by atoms with Gasteiger partial charge in [0.25, 0.3) is 0 Å². The Bertz CT molecular complexity index is 758. The molecule has 3 atom stereocenters. The summed E-state index contributed by atoms with van der Waals surface area (Å²) >= 11 is 0. The van der Waals surface area contributed by atoms with Crippen molar-refractivity contribution in [1.82, 2.24) is 20.7 Å². The Morgan fingerprint density at radius 1 is 1.44 bits per heavy atom. The van der Waals surface area contributed by atoms with Gasteiger partial charge in [-0.2, -0.15) is 5.10 Å². The second kappa shape index (κ2) is 8.70. The lowest BCUT2D eigenvalue weighted by atomic mass is 10.0. The van der Waals surface area contributed by atoms with Gasteiger partial charge in [-0.25, -0.2) is 4.79 Å². The lowest BCUT2D eigenvalue weighted by molar-refractivity contribution is -0.115. The molecule has 0 spiro atoms. The van der Waals surface area contributed by atoms with Gasteiger partial charge >= 0.3 is 6.09 Å². The van der Waals surface area contributed by atoms with E-state index in [0.717, 1.165) is 31.4 Å². The summed E-state index contributed by atoms with van der Waals surface area (Å²) < 4.78 is 10.2. The van der Waals surface area contributed by atoms with E-state index in [9.17, 15) is 9.59 Å². The average molecular weight is 375 g/mol. The molecule has 27 heavy (non-hydrogen) atoms. The molecule has 9 nitrogen and oxygen atoms in total. The molecule has 0 aliphatic heterocycles. The van der Waals surface area contributed by atoms with Crippen LogP contribution in [0.25, 0.3) is 0 Å². The number of nitrogens with zero attached hydrogens (tertiary/aromatic N) is 2. The molecule has 0 radical (unpaired) electrons. The first-order valence-electron chi connectivity index (χ1n) is 9.25. The maximum absolute atomic E-state index is 12.0. The third-order valence-electron chi connectivity index (χ3n) is 4.77. The van der Waals surface area contributed by atoms with Crippen molar-refractivity contribution in [2.75, 3.05) is 5.32 Å². The molecule has 0 unspecified atom stereocenters.